The molecule has 0 saturated carbocycles. The number of guanidine groups is 1. The summed E-state index contributed by atoms with van der Waals surface area (Å²) in [6.45, 7) is 4.85. The fourth-order valence-electron chi connectivity index (χ4n) is 2.11. The molecule has 1 heterocycles. The average Bonchev–Trinajstić information content (AvgIpc) is 2.90. The Balaban J connectivity index is 1.70. The number of nitrogens with zero attached hydrogens (tertiary/aromatic N) is 2. The minimum atomic E-state index is -0.905. The number of aromatic nitrogens is 1. The van der Waals surface area contributed by atoms with Crippen LogP contribution in [-0.4, -0.2) is 34.5 Å². The number of aryl methyl sites for hydroxylation is 2. The first-order valence-corrected chi connectivity index (χ1v) is 9.33. The molecular formula is C17H24N4O2S. The Hall–Kier alpha value is -2.15. The van der Waals surface area contributed by atoms with Crippen LogP contribution in [0.3, 0.4) is 0 Å². The summed E-state index contributed by atoms with van der Waals surface area (Å²) in [4.78, 5) is 8.45. The van der Waals surface area contributed by atoms with E-state index in [1.807, 2.05) is 44.2 Å². The molecule has 0 aliphatic heterocycles. The number of hydrogen-bond donors (Lipinski definition) is 2. The second kappa shape index (κ2) is 9.22. The molecule has 1 atom stereocenters. The third-order valence-corrected chi connectivity index (χ3v) is 4.81. The summed E-state index contributed by atoms with van der Waals surface area (Å²) in [7, 11) is 0.792. The molecule has 1 aromatic carbocycles. The molecule has 130 valence electrons. The van der Waals surface area contributed by atoms with Crippen molar-refractivity contribution in [2.75, 3.05) is 19.3 Å². The van der Waals surface area contributed by atoms with Crippen molar-refractivity contribution >= 4 is 16.8 Å². The van der Waals surface area contributed by atoms with Crippen molar-refractivity contribution in [1.29, 1.82) is 0 Å². The monoisotopic (exact) mass is 348 g/mol. The first-order chi connectivity index (χ1) is 11.6. The maximum absolute atomic E-state index is 12.1. The van der Waals surface area contributed by atoms with E-state index < -0.39 is 10.8 Å². The highest BCUT2D eigenvalue weighted by Gasteiger charge is 2.07. The smallest absolute Gasteiger partial charge is 0.214 e. The lowest BCUT2D eigenvalue weighted by Gasteiger charge is -2.10. The van der Waals surface area contributed by atoms with E-state index in [0.717, 1.165) is 17.0 Å². The van der Waals surface area contributed by atoms with E-state index in [2.05, 4.69) is 20.6 Å². The second-order valence-corrected chi connectivity index (χ2v) is 6.95. The van der Waals surface area contributed by atoms with Crippen LogP contribution in [0.25, 0.3) is 0 Å². The molecular weight excluding hydrogens is 324 g/mol. The van der Waals surface area contributed by atoms with Gasteiger partial charge in [0.25, 0.3) is 0 Å². The third kappa shape index (κ3) is 5.81. The summed E-state index contributed by atoms with van der Waals surface area (Å²) in [5.74, 6) is 3.22. The lowest BCUT2D eigenvalue weighted by molar-refractivity contribution is 0.464. The van der Waals surface area contributed by atoms with Gasteiger partial charge in [-0.15, -0.1) is 0 Å². The van der Waals surface area contributed by atoms with Gasteiger partial charge < -0.3 is 15.1 Å². The highest BCUT2D eigenvalue weighted by molar-refractivity contribution is 7.84. The van der Waals surface area contributed by atoms with Gasteiger partial charge in [-0.3, -0.25) is 9.20 Å². The van der Waals surface area contributed by atoms with Gasteiger partial charge in [0.05, 0.1) is 12.2 Å². The standard InChI is InChI=1S/C17H24N4O2S/c1-13-14(2)23-16(21-13)11-20-17(18-3)19-9-10-24(22)12-15-7-5-4-6-8-15/h4-8H,9-12H2,1-3H3,(H2,18,19,20). The number of benzene rings is 1. The zero-order chi connectivity index (χ0) is 17.4. The first-order valence-electron chi connectivity index (χ1n) is 7.85. The molecule has 0 bridgehead atoms. The van der Waals surface area contributed by atoms with Gasteiger partial charge >= 0.3 is 0 Å². The molecule has 0 aliphatic carbocycles. The fraction of sp³-hybridized carbons (Fsp3) is 0.412. The van der Waals surface area contributed by atoms with E-state index >= 15 is 0 Å². The molecule has 1 unspecified atom stereocenters. The number of hydrogen-bond acceptors (Lipinski definition) is 4. The largest absolute Gasteiger partial charge is 0.444 e. The van der Waals surface area contributed by atoms with Gasteiger partial charge in [0, 0.05) is 35.9 Å². The zero-order valence-corrected chi connectivity index (χ0v) is 15.2. The minimum absolute atomic E-state index is 0.460. The summed E-state index contributed by atoms with van der Waals surface area (Å²) >= 11 is 0. The Morgan fingerprint density at radius 2 is 2.00 bits per heavy atom. The van der Waals surface area contributed by atoms with E-state index in [0.29, 0.717) is 36.4 Å². The fourth-order valence-corrected chi connectivity index (χ4v) is 3.15. The lowest BCUT2D eigenvalue weighted by Crippen LogP contribution is -2.38. The van der Waals surface area contributed by atoms with Crippen LogP contribution in [0.2, 0.25) is 0 Å². The van der Waals surface area contributed by atoms with Crippen molar-refractivity contribution in [3.63, 3.8) is 0 Å². The van der Waals surface area contributed by atoms with Gasteiger partial charge in [-0.05, 0) is 19.4 Å². The summed E-state index contributed by atoms with van der Waals surface area (Å²) < 4.78 is 17.6. The molecule has 0 aliphatic rings. The average molecular weight is 348 g/mol. The van der Waals surface area contributed by atoms with Gasteiger partial charge in [0.15, 0.2) is 5.96 Å². The molecule has 0 amide bonds. The Labute approximate surface area is 145 Å². The Kier molecular flexibility index (Phi) is 6.99. The Morgan fingerprint density at radius 1 is 1.25 bits per heavy atom. The number of rotatable bonds is 7. The van der Waals surface area contributed by atoms with Crippen molar-refractivity contribution < 1.29 is 8.63 Å². The van der Waals surface area contributed by atoms with Gasteiger partial charge in [0.2, 0.25) is 5.89 Å². The topological polar surface area (TPSA) is 79.5 Å². The van der Waals surface area contributed by atoms with Crippen molar-refractivity contribution in [1.82, 2.24) is 15.6 Å². The van der Waals surface area contributed by atoms with Gasteiger partial charge in [-0.2, -0.15) is 0 Å². The normalized spacial score (nSPS) is 12.9. The molecule has 0 radical (unpaired) electrons. The molecule has 0 fully saturated rings. The lowest BCUT2D eigenvalue weighted by atomic mass is 10.2. The van der Waals surface area contributed by atoms with Crippen LogP contribution < -0.4 is 10.6 Å². The minimum Gasteiger partial charge on any atom is -0.444 e. The molecule has 1 aromatic heterocycles. The van der Waals surface area contributed by atoms with E-state index in [-0.39, 0.29) is 0 Å². The second-order valence-electron chi connectivity index (χ2n) is 5.38. The Morgan fingerprint density at radius 3 is 2.62 bits per heavy atom. The predicted molar refractivity (Wildman–Crippen MR) is 97.3 cm³/mol. The number of nitrogens with one attached hydrogen (secondary N) is 2. The van der Waals surface area contributed by atoms with E-state index in [1.165, 1.54) is 0 Å². The van der Waals surface area contributed by atoms with E-state index in [1.54, 1.807) is 7.05 Å². The van der Waals surface area contributed by atoms with Crippen molar-refractivity contribution in [2.24, 2.45) is 4.99 Å². The molecule has 2 aromatic rings. The van der Waals surface area contributed by atoms with Crippen LogP contribution in [0.15, 0.2) is 39.7 Å². The maximum Gasteiger partial charge on any atom is 0.214 e. The van der Waals surface area contributed by atoms with Gasteiger partial charge in [0.1, 0.15) is 5.76 Å². The SMILES string of the molecule is CN=C(NCCS(=O)Cc1ccccc1)NCc1nc(C)c(C)o1. The number of oxazole rings is 1. The molecule has 0 saturated heterocycles. The third-order valence-electron chi connectivity index (χ3n) is 3.50. The molecule has 2 rings (SSSR count). The highest BCUT2D eigenvalue weighted by Crippen LogP contribution is 2.07. The molecule has 2 N–H and O–H groups in total. The van der Waals surface area contributed by atoms with Crippen LogP contribution in [0.5, 0.6) is 0 Å². The van der Waals surface area contributed by atoms with Crippen molar-refractivity contribution in [2.45, 2.75) is 26.1 Å². The number of aliphatic imine (C=N–C) groups is 1. The zero-order valence-electron chi connectivity index (χ0n) is 14.3. The highest BCUT2D eigenvalue weighted by atomic mass is 32.2. The van der Waals surface area contributed by atoms with E-state index in [9.17, 15) is 4.21 Å². The molecule has 7 heteroatoms. The van der Waals surface area contributed by atoms with Crippen LogP contribution in [0.4, 0.5) is 0 Å². The summed E-state index contributed by atoms with van der Waals surface area (Å²) in [6.07, 6.45) is 0. The first kappa shape index (κ1) is 18.2. The molecule has 24 heavy (non-hydrogen) atoms. The van der Waals surface area contributed by atoms with Crippen LogP contribution >= 0.6 is 0 Å². The quantitative estimate of drug-likeness (QED) is 0.590. The summed E-state index contributed by atoms with van der Waals surface area (Å²) in [5.41, 5.74) is 1.99. The maximum atomic E-state index is 12.1. The van der Waals surface area contributed by atoms with E-state index in [4.69, 9.17) is 4.42 Å². The Bertz CT molecular complexity index is 678. The molecule has 6 nitrogen and oxygen atoms in total. The predicted octanol–water partition coefficient (Wildman–Crippen LogP) is 1.91. The van der Waals surface area contributed by atoms with Crippen LogP contribution in [0.1, 0.15) is 22.9 Å². The van der Waals surface area contributed by atoms with Gasteiger partial charge in [-0.25, -0.2) is 4.98 Å². The summed E-state index contributed by atoms with van der Waals surface area (Å²) in [5, 5.41) is 6.29. The summed E-state index contributed by atoms with van der Waals surface area (Å²) in [6, 6.07) is 9.87. The van der Waals surface area contributed by atoms with Crippen molar-refractivity contribution in [3.05, 3.63) is 53.2 Å². The van der Waals surface area contributed by atoms with Crippen LogP contribution in [-0.2, 0) is 23.1 Å². The molecule has 0 spiro atoms. The van der Waals surface area contributed by atoms with Gasteiger partial charge in [-0.1, -0.05) is 30.3 Å². The van der Waals surface area contributed by atoms with Crippen molar-refractivity contribution in [3.8, 4) is 0 Å². The van der Waals surface area contributed by atoms with Crippen LogP contribution in [0, 0.1) is 13.8 Å².